The summed E-state index contributed by atoms with van der Waals surface area (Å²) in [4.78, 5) is 11.9. The molecule has 0 aliphatic carbocycles. The highest BCUT2D eigenvalue weighted by atomic mass is 16.5. The third-order valence-electron chi connectivity index (χ3n) is 3.24. The molecule has 0 unspecified atom stereocenters. The van der Waals surface area contributed by atoms with E-state index >= 15 is 0 Å². The van der Waals surface area contributed by atoms with Gasteiger partial charge in [-0.25, -0.2) is 0 Å². The number of carbonyl (C=O) groups is 1. The second-order valence-electron chi connectivity index (χ2n) is 4.78. The van der Waals surface area contributed by atoms with Crippen molar-refractivity contribution in [1.29, 1.82) is 0 Å². The van der Waals surface area contributed by atoms with Crippen LogP contribution in [0, 0.1) is 0 Å². The van der Waals surface area contributed by atoms with Crippen LogP contribution in [0.4, 0.5) is 5.69 Å². The molecule has 0 spiro atoms. The maximum absolute atomic E-state index is 11.9. The molecule has 0 radical (unpaired) electrons. The van der Waals surface area contributed by atoms with Crippen LogP contribution in [-0.2, 0) is 11.2 Å². The van der Waals surface area contributed by atoms with Crippen LogP contribution >= 0.6 is 0 Å². The highest BCUT2D eigenvalue weighted by Gasteiger charge is 2.06. The molecule has 0 saturated carbocycles. The van der Waals surface area contributed by atoms with Gasteiger partial charge in [-0.3, -0.25) is 15.2 Å². The predicted molar refractivity (Wildman–Crippen MR) is 84.3 cm³/mol. The number of hydrogen-bond donors (Lipinski definition) is 1. The molecule has 0 aliphatic heterocycles. The van der Waals surface area contributed by atoms with Gasteiger partial charge in [-0.05, 0) is 36.2 Å². The molecule has 0 aromatic heterocycles. The summed E-state index contributed by atoms with van der Waals surface area (Å²) in [6, 6.07) is 17.5. The molecule has 0 heterocycles. The SMILES string of the molecule is COc1ccc(CCC(=O)NN(C)c2ccccc2)cc1. The number of carbonyl (C=O) groups excluding carboxylic acids is 1. The monoisotopic (exact) mass is 284 g/mol. The van der Waals surface area contributed by atoms with Crippen LogP contribution in [0.5, 0.6) is 5.75 Å². The largest absolute Gasteiger partial charge is 0.497 e. The minimum atomic E-state index is -0.00262. The first-order valence-corrected chi connectivity index (χ1v) is 6.90. The van der Waals surface area contributed by atoms with Gasteiger partial charge in [0.2, 0.25) is 5.91 Å². The van der Waals surface area contributed by atoms with E-state index in [4.69, 9.17) is 4.74 Å². The Hall–Kier alpha value is -2.49. The molecule has 0 saturated heterocycles. The Morgan fingerprint density at radius 1 is 1.10 bits per heavy atom. The summed E-state index contributed by atoms with van der Waals surface area (Å²) in [5.74, 6) is 0.823. The number of amides is 1. The van der Waals surface area contributed by atoms with E-state index in [1.54, 1.807) is 12.1 Å². The summed E-state index contributed by atoms with van der Waals surface area (Å²) in [5, 5.41) is 1.73. The molecule has 4 nitrogen and oxygen atoms in total. The van der Waals surface area contributed by atoms with Gasteiger partial charge in [-0.2, -0.15) is 0 Å². The molecule has 21 heavy (non-hydrogen) atoms. The molecular formula is C17H20N2O2. The molecule has 0 aliphatic rings. The van der Waals surface area contributed by atoms with E-state index in [2.05, 4.69) is 5.43 Å². The third kappa shape index (κ3) is 4.53. The Morgan fingerprint density at radius 3 is 2.38 bits per heavy atom. The molecule has 110 valence electrons. The van der Waals surface area contributed by atoms with Crippen LogP contribution in [-0.4, -0.2) is 20.1 Å². The normalized spacial score (nSPS) is 10.0. The predicted octanol–water partition coefficient (Wildman–Crippen LogP) is 2.80. The highest BCUT2D eigenvalue weighted by Crippen LogP contribution is 2.13. The van der Waals surface area contributed by atoms with E-state index in [1.165, 1.54) is 0 Å². The zero-order chi connectivity index (χ0) is 15.1. The van der Waals surface area contributed by atoms with Crippen molar-refractivity contribution in [2.24, 2.45) is 0 Å². The van der Waals surface area contributed by atoms with Crippen molar-refractivity contribution in [3.63, 3.8) is 0 Å². The Kier molecular flexibility index (Phi) is 5.21. The van der Waals surface area contributed by atoms with Gasteiger partial charge in [-0.15, -0.1) is 0 Å². The van der Waals surface area contributed by atoms with Crippen molar-refractivity contribution in [2.45, 2.75) is 12.8 Å². The quantitative estimate of drug-likeness (QED) is 0.829. The number of anilines is 1. The molecule has 1 amide bonds. The van der Waals surface area contributed by atoms with Gasteiger partial charge in [0.15, 0.2) is 0 Å². The fourth-order valence-electron chi connectivity index (χ4n) is 2.01. The minimum absolute atomic E-state index is 0.00262. The summed E-state index contributed by atoms with van der Waals surface area (Å²) < 4.78 is 5.11. The number of para-hydroxylation sites is 1. The highest BCUT2D eigenvalue weighted by molar-refractivity contribution is 5.78. The van der Waals surface area contributed by atoms with Gasteiger partial charge < -0.3 is 4.74 Å². The van der Waals surface area contributed by atoms with E-state index in [0.717, 1.165) is 17.0 Å². The standard InChI is InChI=1S/C17H20N2O2/c1-19(15-6-4-3-5-7-15)18-17(20)13-10-14-8-11-16(21-2)12-9-14/h3-9,11-12H,10,13H2,1-2H3,(H,18,20). The average molecular weight is 284 g/mol. The van der Waals surface area contributed by atoms with Crippen LogP contribution in [0.1, 0.15) is 12.0 Å². The number of benzene rings is 2. The van der Waals surface area contributed by atoms with E-state index in [0.29, 0.717) is 12.8 Å². The number of hydrogen-bond acceptors (Lipinski definition) is 3. The number of hydrazine groups is 1. The lowest BCUT2D eigenvalue weighted by Gasteiger charge is -2.20. The summed E-state index contributed by atoms with van der Waals surface area (Å²) >= 11 is 0. The van der Waals surface area contributed by atoms with Crippen molar-refractivity contribution >= 4 is 11.6 Å². The topological polar surface area (TPSA) is 41.6 Å². The van der Waals surface area contributed by atoms with Crippen molar-refractivity contribution in [3.8, 4) is 5.75 Å². The van der Waals surface area contributed by atoms with Gasteiger partial charge >= 0.3 is 0 Å². The van der Waals surface area contributed by atoms with Crippen LogP contribution < -0.4 is 15.2 Å². The van der Waals surface area contributed by atoms with Crippen molar-refractivity contribution < 1.29 is 9.53 Å². The fourth-order valence-corrected chi connectivity index (χ4v) is 2.01. The van der Waals surface area contributed by atoms with Gasteiger partial charge in [-0.1, -0.05) is 30.3 Å². The van der Waals surface area contributed by atoms with Crippen molar-refractivity contribution in [2.75, 3.05) is 19.2 Å². The summed E-state index contributed by atoms with van der Waals surface area (Å²) in [6.45, 7) is 0. The lowest BCUT2D eigenvalue weighted by atomic mass is 10.1. The molecule has 1 N–H and O–H groups in total. The Balaban J connectivity index is 1.81. The zero-order valence-electron chi connectivity index (χ0n) is 12.4. The average Bonchev–Trinajstić information content (AvgIpc) is 2.54. The Labute approximate surface area is 125 Å². The van der Waals surface area contributed by atoms with Crippen LogP contribution in [0.2, 0.25) is 0 Å². The summed E-state index contributed by atoms with van der Waals surface area (Å²) in [7, 11) is 3.47. The number of aryl methyl sites for hydroxylation is 1. The first-order valence-electron chi connectivity index (χ1n) is 6.90. The lowest BCUT2D eigenvalue weighted by molar-refractivity contribution is -0.121. The Morgan fingerprint density at radius 2 is 1.76 bits per heavy atom. The third-order valence-corrected chi connectivity index (χ3v) is 3.24. The van der Waals surface area contributed by atoms with Crippen LogP contribution in [0.25, 0.3) is 0 Å². The number of rotatable bonds is 6. The molecule has 0 fully saturated rings. The summed E-state index contributed by atoms with van der Waals surface area (Å²) in [6.07, 6.45) is 1.15. The molecule has 2 rings (SSSR count). The maximum atomic E-state index is 11.9. The van der Waals surface area contributed by atoms with Crippen molar-refractivity contribution in [3.05, 3.63) is 60.2 Å². The second kappa shape index (κ2) is 7.33. The molecular weight excluding hydrogens is 264 g/mol. The van der Waals surface area contributed by atoms with Crippen LogP contribution in [0.3, 0.4) is 0 Å². The molecule has 0 bridgehead atoms. The zero-order valence-corrected chi connectivity index (χ0v) is 12.4. The fraction of sp³-hybridized carbons (Fsp3) is 0.235. The van der Waals surface area contributed by atoms with E-state index in [-0.39, 0.29) is 5.91 Å². The second-order valence-corrected chi connectivity index (χ2v) is 4.78. The van der Waals surface area contributed by atoms with Gasteiger partial charge in [0.25, 0.3) is 0 Å². The Bertz CT molecular complexity index is 567. The molecule has 2 aromatic rings. The van der Waals surface area contributed by atoms with E-state index in [1.807, 2.05) is 61.6 Å². The summed E-state index contributed by atoms with van der Waals surface area (Å²) in [5.41, 5.74) is 4.93. The van der Waals surface area contributed by atoms with Crippen LogP contribution in [0.15, 0.2) is 54.6 Å². The van der Waals surface area contributed by atoms with Gasteiger partial charge in [0, 0.05) is 13.5 Å². The number of ether oxygens (including phenoxy) is 1. The van der Waals surface area contributed by atoms with E-state index < -0.39 is 0 Å². The van der Waals surface area contributed by atoms with Crippen molar-refractivity contribution in [1.82, 2.24) is 5.43 Å². The van der Waals surface area contributed by atoms with Gasteiger partial charge in [0.1, 0.15) is 5.75 Å². The minimum Gasteiger partial charge on any atom is -0.497 e. The smallest absolute Gasteiger partial charge is 0.238 e. The number of nitrogens with zero attached hydrogens (tertiary/aromatic N) is 1. The van der Waals surface area contributed by atoms with E-state index in [9.17, 15) is 4.79 Å². The first kappa shape index (κ1) is 14.9. The maximum Gasteiger partial charge on any atom is 0.238 e. The lowest BCUT2D eigenvalue weighted by Crippen LogP contribution is -2.39. The number of methoxy groups -OCH3 is 1. The first-order chi connectivity index (χ1) is 10.2. The van der Waals surface area contributed by atoms with Gasteiger partial charge in [0.05, 0.1) is 12.8 Å². The molecule has 0 atom stereocenters. The number of nitrogens with one attached hydrogen (secondary N) is 1. The molecule has 2 aromatic carbocycles. The molecule has 4 heteroatoms.